The van der Waals surface area contributed by atoms with E-state index < -0.39 is 24.0 Å². The van der Waals surface area contributed by atoms with Gasteiger partial charge in [-0.3, -0.25) is 19.6 Å². The van der Waals surface area contributed by atoms with Crippen LogP contribution in [0.5, 0.6) is 0 Å². The number of aliphatic carboxylic acids is 1. The molecule has 0 radical (unpaired) electrons. The molecule has 4 aromatic rings. The first-order chi connectivity index (χ1) is 21.9. The molecule has 0 bridgehead atoms. The van der Waals surface area contributed by atoms with Crippen LogP contribution in [0, 0.1) is 12.7 Å². The van der Waals surface area contributed by atoms with E-state index in [2.05, 4.69) is 15.3 Å². The van der Waals surface area contributed by atoms with Gasteiger partial charge in [0.2, 0.25) is 0 Å². The molecule has 0 spiro atoms. The first-order valence-electron chi connectivity index (χ1n) is 15.3. The highest BCUT2D eigenvalue weighted by atomic mass is 19.1. The van der Waals surface area contributed by atoms with Gasteiger partial charge in [0.25, 0.3) is 5.91 Å². The zero-order chi connectivity index (χ0) is 33.0. The molecular weight excluding hydrogens is 587 g/mol. The Morgan fingerprint density at radius 2 is 1.74 bits per heavy atom. The Kier molecular flexibility index (Phi) is 9.79. The SMILES string of the molecule is Cc1cnc(CNC(=O)c2c(-c3ccccc3)c(-c3ccc(F)cc3)c(C=C[C@@H]3C[C@H](CC(=O)O)OC(C)(C)O3)n2C(C)C)cn1. The summed E-state index contributed by atoms with van der Waals surface area (Å²) in [7, 11) is 0. The molecule has 10 heteroatoms. The van der Waals surface area contributed by atoms with Crippen molar-refractivity contribution in [3.8, 4) is 22.3 Å². The predicted molar refractivity (Wildman–Crippen MR) is 173 cm³/mol. The number of halogens is 1. The van der Waals surface area contributed by atoms with E-state index in [1.165, 1.54) is 12.1 Å². The van der Waals surface area contributed by atoms with E-state index in [1.807, 2.05) is 67.8 Å². The van der Waals surface area contributed by atoms with Crippen molar-refractivity contribution in [2.75, 3.05) is 0 Å². The number of carbonyl (C=O) groups is 2. The number of aryl methyl sites for hydroxylation is 1. The van der Waals surface area contributed by atoms with Crippen LogP contribution in [-0.2, 0) is 20.8 Å². The molecule has 9 nitrogen and oxygen atoms in total. The van der Waals surface area contributed by atoms with Crippen LogP contribution in [0.3, 0.4) is 0 Å². The number of nitrogens with one attached hydrogen (secondary N) is 1. The van der Waals surface area contributed by atoms with Gasteiger partial charge in [-0.2, -0.15) is 0 Å². The van der Waals surface area contributed by atoms with Gasteiger partial charge in [0, 0.05) is 35.5 Å². The Morgan fingerprint density at radius 1 is 1.04 bits per heavy atom. The second-order valence-electron chi connectivity index (χ2n) is 12.1. The fourth-order valence-electron chi connectivity index (χ4n) is 5.88. The molecule has 2 N–H and O–H groups in total. The Labute approximate surface area is 268 Å². The maximum absolute atomic E-state index is 14.2. The average Bonchev–Trinajstić information content (AvgIpc) is 3.35. The van der Waals surface area contributed by atoms with Crippen LogP contribution in [0.15, 0.2) is 73.1 Å². The molecule has 0 saturated carbocycles. The molecule has 46 heavy (non-hydrogen) atoms. The molecule has 1 aliphatic rings. The Balaban J connectivity index is 1.68. The van der Waals surface area contributed by atoms with Gasteiger partial charge < -0.3 is 24.5 Å². The van der Waals surface area contributed by atoms with Crippen LogP contribution < -0.4 is 5.32 Å². The number of carboxylic acids is 1. The number of carbonyl (C=O) groups excluding carboxylic acids is 1. The second kappa shape index (κ2) is 13.8. The number of benzene rings is 2. The summed E-state index contributed by atoms with van der Waals surface area (Å²) in [4.78, 5) is 34.4. The van der Waals surface area contributed by atoms with Crippen molar-refractivity contribution in [1.82, 2.24) is 19.9 Å². The summed E-state index contributed by atoms with van der Waals surface area (Å²) < 4.78 is 28.2. The van der Waals surface area contributed by atoms with E-state index in [0.717, 1.165) is 28.1 Å². The Hall–Kier alpha value is -4.67. The maximum Gasteiger partial charge on any atom is 0.305 e. The number of rotatable bonds is 10. The van der Waals surface area contributed by atoms with Crippen molar-refractivity contribution in [3.05, 3.63) is 102 Å². The molecule has 1 aliphatic heterocycles. The first kappa shape index (κ1) is 32.7. The molecule has 0 unspecified atom stereocenters. The van der Waals surface area contributed by atoms with Crippen molar-refractivity contribution in [2.45, 2.75) is 78.0 Å². The molecule has 1 saturated heterocycles. The van der Waals surface area contributed by atoms with Crippen molar-refractivity contribution < 1.29 is 28.6 Å². The quantitative estimate of drug-likeness (QED) is 0.195. The summed E-state index contributed by atoms with van der Waals surface area (Å²) in [5.41, 5.74) is 5.57. The summed E-state index contributed by atoms with van der Waals surface area (Å²) >= 11 is 0. The molecule has 3 heterocycles. The minimum absolute atomic E-state index is 0.145. The Bertz CT molecular complexity index is 1710. The normalized spacial score (nSPS) is 17.8. The third-order valence-corrected chi connectivity index (χ3v) is 7.69. The van der Waals surface area contributed by atoms with Gasteiger partial charge in [-0.25, -0.2) is 4.39 Å². The predicted octanol–water partition coefficient (Wildman–Crippen LogP) is 6.97. The Morgan fingerprint density at radius 3 is 2.37 bits per heavy atom. The average molecular weight is 627 g/mol. The lowest BCUT2D eigenvalue weighted by atomic mass is 9.94. The van der Waals surface area contributed by atoms with Gasteiger partial charge in [0.15, 0.2) is 5.79 Å². The van der Waals surface area contributed by atoms with Crippen LogP contribution in [0.25, 0.3) is 28.3 Å². The van der Waals surface area contributed by atoms with E-state index in [9.17, 15) is 19.1 Å². The van der Waals surface area contributed by atoms with Crippen LogP contribution in [0.1, 0.15) is 74.1 Å². The maximum atomic E-state index is 14.2. The zero-order valence-corrected chi connectivity index (χ0v) is 26.7. The molecule has 2 aromatic heterocycles. The van der Waals surface area contributed by atoms with Crippen LogP contribution in [-0.4, -0.2) is 49.5 Å². The first-order valence-corrected chi connectivity index (χ1v) is 15.3. The highest BCUT2D eigenvalue weighted by Gasteiger charge is 2.36. The number of ether oxygens (including phenoxy) is 2. The second-order valence-corrected chi connectivity index (χ2v) is 12.1. The van der Waals surface area contributed by atoms with Gasteiger partial charge >= 0.3 is 5.97 Å². The van der Waals surface area contributed by atoms with E-state index in [4.69, 9.17) is 9.47 Å². The third kappa shape index (κ3) is 7.58. The van der Waals surface area contributed by atoms with E-state index in [0.29, 0.717) is 23.4 Å². The lowest BCUT2D eigenvalue weighted by Crippen LogP contribution is -2.44. The monoisotopic (exact) mass is 626 g/mol. The number of carboxylic acid groups (broad SMARTS) is 1. The highest BCUT2D eigenvalue weighted by molar-refractivity contribution is 6.06. The summed E-state index contributed by atoms with van der Waals surface area (Å²) in [6, 6.07) is 15.7. The van der Waals surface area contributed by atoms with Gasteiger partial charge in [-0.15, -0.1) is 0 Å². The van der Waals surface area contributed by atoms with Crippen molar-refractivity contribution in [2.24, 2.45) is 0 Å². The number of nitrogens with zero attached hydrogens (tertiary/aromatic N) is 3. The number of amides is 1. The van der Waals surface area contributed by atoms with Crippen LogP contribution >= 0.6 is 0 Å². The number of hydrogen-bond acceptors (Lipinski definition) is 6. The summed E-state index contributed by atoms with van der Waals surface area (Å²) in [6.45, 7) is 9.55. The summed E-state index contributed by atoms with van der Waals surface area (Å²) in [5.74, 6) is -2.61. The topological polar surface area (TPSA) is 116 Å². The standard InChI is InChI=1S/C36H39FN4O5/c1-22(2)41-30(16-15-28-17-29(18-31(42)43)46-36(4,5)45-28)32(25-11-13-26(37)14-12-25)33(24-9-7-6-8-10-24)34(41)35(44)40-21-27-20-38-23(3)19-39-27/h6-16,19-20,22,28-29H,17-18,21H2,1-5H3,(H,40,44)(H,42,43)/t28-,29-/m1/s1. The van der Waals surface area contributed by atoms with Crippen LogP contribution in [0.4, 0.5) is 4.39 Å². The van der Waals surface area contributed by atoms with Crippen molar-refractivity contribution in [1.29, 1.82) is 0 Å². The summed E-state index contributed by atoms with van der Waals surface area (Å²) in [5, 5.41) is 12.5. The van der Waals surface area contributed by atoms with E-state index in [-0.39, 0.29) is 30.7 Å². The lowest BCUT2D eigenvalue weighted by molar-refractivity contribution is -0.290. The third-order valence-electron chi connectivity index (χ3n) is 7.69. The molecule has 1 fully saturated rings. The number of hydrogen-bond donors (Lipinski definition) is 2. The molecule has 240 valence electrons. The molecule has 2 aromatic carbocycles. The smallest absolute Gasteiger partial charge is 0.305 e. The van der Waals surface area contributed by atoms with Gasteiger partial charge in [0.05, 0.1) is 42.8 Å². The van der Waals surface area contributed by atoms with Gasteiger partial charge in [0.1, 0.15) is 11.5 Å². The molecular formula is C36H39FN4O5. The number of aromatic nitrogens is 3. The van der Waals surface area contributed by atoms with Gasteiger partial charge in [-0.05, 0) is 64.0 Å². The van der Waals surface area contributed by atoms with Crippen LogP contribution in [0.2, 0.25) is 0 Å². The largest absolute Gasteiger partial charge is 0.481 e. The van der Waals surface area contributed by atoms with Crippen molar-refractivity contribution >= 4 is 18.0 Å². The molecule has 1 amide bonds. The van der Waals surface area contributed by atoms with E-state index >= 15 is 0 Å². The minimum atomic E-state index is -0.994. The molecule has 0 aliphatic carbocycles. The highest BCUT2D eigenvalue weighted by Crippen LogP contribution is 2.43. The minimum Gasteiger partial charge on any atom is -0.481 e. The van der Waals surface area contributed by atoms with E-state index in [1.54, 1.807) is 38.4 Å². The fourth-order valence-corrected chi connectivity index (χ4v) is 5.88. The molecule has 2 atom stereocenters. The van der Waals surface area contributed by atoms with Gasteiger partial charge in [-0.1, -0.05) is 48.5 Å². The summed E-state index contributed by atoms with van der Waals surface area (Å²) in [6.07, 6.45) is 6.31. The lowest BCUT2D eigenvalue weighted by Gasteiger charge is -2.39. The van der Waals surface area contributed by atoms with Crippen molar-refractivity contribution in [3.63, 3.8) is 0 Å². The fraction of sp³-hybridized carbons (Fsp3) is 0.333. The zero-order valence-electron chi connectivity index (χ0n) is 26.7. The molecule has 5 rings (SSSR count).